The van der Waals surface area contributed by atoms with E-state index in [2.05, 4.69) is 4.72 Å². The fraction of sp³-hybridized carbons (Fsp3) is 0.174. The van der Waals surface area contributed by atoms with E-state index in [-0.39, 0.29) is 38.4 Å². The first kappa shape index (κ1) is 22.2. The largest absolute Gasteiger partial charge is 0.494 e. The number of carbonyl (C=O) groups is 1. The van der Waals surface area contributed by atoms with Gasteiger partial charge < -0.3 is 9.64 Å². The number of nitrogens with one attached hydrogen (secondary N) is 1. The zero-order valence-corrected chi connectivity index (χ0v) is 18.6. The van der Waals surface area contributed by atoms with Crippen LogP contribution in [-0.4, -0.2) is 35.2 Å². The number of amides is 1. The van der Waals surface area contributed by atoms with E-state index < -0.39 is 22.6 Å². The topological polar surface area (TPSA) is 58.6 Å². The van der Waals surface area contributed by atoms with E-state index in [1.807, 2.05) is 0 Å². The van der Waals surface area contributed by atoms with Crippen LogP contribution in [0.3, 0.4) is 0 Å². The molecule has 0 radical (unpaired) electrons. The van der Waals surface area contributed by atoms with Crippen LogP contribution in [0.4, 0.5) is 14.5 Å². The Morgan fingerprint density at radius 2 is 1.81 bits per heavy atom. The van der Waals surface area contributed by atoms with E-state index in [0.29, 0.717) is 18.7 Å². The van der Waals surface area contributed by atoms with Gasteiger partial charge in [0.1, 0.15) is 16.5 Å². The van der Waals surface area contributed by atoms with Gasteiger partial charge in [-0.15, -0.1) is 0 Å². The number of benzene rings is 3. The molecule has 9 heteroatoms. The van der Waals surface area contributed by atoms with Crippen LogP contribution in [0, 0.1) is 11.6 Å². The number of ether oxygens (including phenoxy) is 1. The summed E-state index contributed by atoms with van der Waals surface area (Å²) in [6.07, 6.45) is 0.920. The molecule has 1 N–H and O–H groups in total. The molecule has 0 aliphatic carbocycles. The molecule has 1 atom stereocenters. The van der Waals surface area contributed by atoms with E-state index >= 15 is 0 Å². The predicted molar refractivity (Wildman–Crippen MR) is 120 cm³/mol. The number of rotatable bonds is 6. The Morgan fingerprint density at radius 3 is 2.44 bits per heavy atom. The first-order valence-electron chi connectivity index (χ1n) is 9.78. The van der Waals surface area contributed by atoms with Crippen molar-refractivity contribution in [1.82, 2.24) is 4.90 Å². The third kappa shape index (κ3) is 4.33. The number of hydrogen-bond acceptors (Lipinski definition) is 3. The molecule has 4 rings (SSSR count). The summed E-state index contributed by atoms with van der Waals surface area (Å²) in [6, 6.07) is 13.5. The second kappa shape index (κ2) is 9.26. The maximum absolute atomic E-state index is 14.5. The predicted octanol–water partition coefficient (Wildman–Crippen LogP) is 5.27. The summed E-state index contributed by atoms with van der Waals surface area (Å²) in [7, 11) is -0.702. The van der Waals surface area contributed by atoms with Crippen LogP contribution >= 0.6 is 11.6 Å². The number of carbonyl (C=O) groups excluding carboxylic acids is 1. The van der Waals surface area contributed by atoms with Gasteiger partial charge in [0.05, 0.1) is 17.8 Å². The minimum absolute atomic E-state index is 0.0776. The number of nitrogens with zero attached hydrogens (tertiary/aromatic N) is 1. The summed E-state index contributed by atoms with van der Waals surface area (Å²) < 4.78 is 49.8. The van der Waals surface area contributed by atoms with Crippen molar-refractivity contribution in [1.29, 1.82) is 0 Å². The van der Waals surface area contributed by atoms with Gasteiger partial charge in [0.25, 0.3) is 5.91 Å². The molecule has 1 saturated heterocycles. The maximum atomic E-state index is 14.5. The fourth-order valence-corrected chi connectivity index (χ4v) is 4.76. The minimum Gasteiger partial charge on any atom is -0.494 e. The molecule has 1 fully saturated rings. The van der Waals surface area contributed by atoms with Crippen molar-refractivity contribution in [3.63, 3.8) is 0 Å². The highest BCUT2D eigenvalue weighted by atomic mass is 35.5. The standard InChI is InChI=1S/C23H19ClF2N2O3S/c1-31-22-17(24)10-15(23(29)28-8-5-9-28)11-21(22)32(30)27-20-12-16(18(25)13-19(20)26)14-6-3-2-4-7-14/h2-4,6-7,10-13,27H,5,8-9H2,1H3. The molecule has 0 bridgehead atoms. The summed E-state index contributed by atoms with van der Waals surface area (Å²) in [6.45, 7) is 1.28. The average molecular weight is 477 g/mol. The summed E-state index contributed by atoms with van der Waals surface area (Å²) in [4.78, 5) is 14.3. The van der Waals surface area contributed by atoms with E-state index in [4.69, 9.17) is 16.3 Å². The van der Waals surface area contributed by atoms with Crippen molar-refractivity contribution in [3.8, 4) is 16.9 Å². The molecule has 1 aliphatic heterocycles. The summed E-state index contributed by atoms with van der Waals surface area (Å²) >= 11 is 6.27. The lowest BCUT2D eigenvalue weighted by Crippen LogP contribution is -2.42. The summed E-state index contributed by atoms with van der Waals surface area (Å²) in [5.41, 5.74) is 0.784. The minimum atomic E-state index is -2.05. The van der Waals surface area contributed by atoms with Crippen molar-refractivity contribution < 1.29 is 22.5 Å². The molecule has 5 nitrogen and oxygen atoms in total. The zero-order valence-electron chi connectivity index (χ0n) is 17.0. The molecule has 1 unspecified atom stereocenters. The highest BCUT2D eigenvalue weighted by Crippen LogP contribution is 2.35. The van der Waals surface area contributed by atoms with Crippen LogP contribution in [0.25, 0.3) is 11.1 Å². The van der Waals surface area contributed by atoms with Gasteiger partial charge in [-0.1, -0.05) is 41.9 Å². The Hall–Kier alpha value is -2.97. The van der Waals surface area contributed by atoms with Crippen LogP contribution in [0.15, 0.2) is 59.5 Å². The molecule has 0 aromatic heterocycles. The molecule has 3 aromatic rings. The normalized spacial score (nSPS) is 13.9. The summed E-state index contributed by atoms with van der Waals surface area (Å²) in [5.74, 6) is -1.79. The van der Waals surface area contributed by atoms with E-state index in [9.17, 15) is 17.8 Å². The number of anilines is 1. The zero-order chi connectivity index (χ0) is 22.8. The number of hydrogen-bond donors (Lipinski definition) is 1. The lowest BCUT2D eigenvalue weighted by molar-refractivity contribution is 0.0651. The van der Waals surface area contributed by atoms with E-state index in [0.717, 1.165) is 12.5 Å². The van der Waals surface area contributed by atoms with E-state index in [1.54, 1.807) is 35.2 Å². The van der Waals surface area contributed by atoms with Crippen molar-refractivity contribution in [3.05, 3.63) is 76.8 Å². The third-order valence-corrected chi connectivity index (χ3v) is 6.54. The van der Waals surface area contributed by atoms with Gasteiger partial charge >= 0.3 is 0 Å². The van der Waals surface area contributed by atoms with Crippen LogP contribution in [0.2, 0.25) is 5.02 Å². The van der Waals surface area contributed by atoms with Gasteiger partial charge in [0, 0.05) is 30.3 Å². The maximum Gasteiger partial charge on any atom is 0.253 e. The molecule has 1 aliphatic rings. The van der Waals surface area contributed by atoms with Crippen LogP contribution in [0.1, 0.15) is 16.8 Å². The Morgan fingerprint density at radius 1 is 1.09 bits per heavy atom. The monoisotopic (exact) mass is 476 g/mol. The van der Waals surface area contributed by atoms with Crippen molar-refractivity contribution in [2.45, 2.75) is 11.3 Å². The number of halogens is 3. The number of likely N-dealkylation sites (tertiary alicyclic amines) is 1. The summed E-state index contributed by atoms with van der Waals surface area (Å²) in [5, 5.41) is 0.105. The van der Waals surface area contributed by atoms with Crippen molar-refractivity contribution in [2.75, 3.05) is 24.9 Å². The van der Waals surface area contributed by atoms with Gasteiger partial charge in [-0.05, 0) is 30.2 Å². The van der Waals surface area contributed by atoms with Gasteiger partial charge in [-0.3, -0.25) is 9.52 Å². The van der Waals surface area contributed by atoms with Crippen molar-refractivity contribution >= 4 is 34.2 Å². The Labute approximate surface area is 191 Å². The molecule has 0 spiro atoms. The van der Waals surface area contributed by atoms with Gasteiger partial charge in [-0.25, -0.2) is 13.0 Å². The molecular weight excluding hydrogens is 458 g/mol. The quantitative estimate of drug-likeness (QED) is 0.527. The molecule has 166 valence electrons. The van der Waals surface area contributed by atoms with Gasteiger partial charge in [0.15, 0.2) is 16.7 Å². The lowest BCUT2D eigenvalue weighted by atomic mass is 10.0. The number of methoxy groups -OCH3 is 1. The highest BCUT2D eigenvalue weighted by molar-refractivity contribution is 7.86. The molecule has 0 saturated carbocycles. The molecule has 1 heterocycles. The SMILES string of the molecule is COc1c(Cl)cc(C(=O)N2CCC2)cc1S(=O)Nc1cc(-c2ccccc2)c(F)cc1F. The highest BCUT2D eigenvalue weighted by Gasteiger charge is 2.25. The van der Waals surface area contributed by atoms with Crippen LogP contribution < -0.4 is 9.46 Å². The lowest BCUT2D eigenvalue weighted by Gasteiger charge is -2.31. The third-order valence-electron chi connectivity index (χ3n) is 5.15. The molecule has 32 heavy (non-hydrogen) atoms. The van der Waals surface area contributed by atoms with Gasteiger partial charge in [-0.2, -0.15) is 0 Å². The Kier molecular flexibility index (Phi) is 6.43. The Bertz CT molecular complexity index is 1200. The molecule has 3 aromatic carbocycles. The fourth-order valence-electron chi connectivity index (χ4n) is 3.35. The first-order chi connectivity index (χ1) is 15.4. The second-order valence-electron chi connectivity index (χ2n) is 7.18. The van der Waals surface area contributed by atoms with Crippen LogP contribution in [-0.2, 0) is 11.0 Å². The molecular formula is C23H19ClF2N2O3S. The van der Waals surface area contributed by atoms with Gasteiger partial charge in [0.2, 0.25) is 0 Å². The van der Waals surface area contributed by atoms with E-state index in [1.165, 1.54) is 25.3 Å². The molecule has 1 amide bonds. The Balaban J connectivity index is 1.69. The average Bonchev–Trinajstić information content (AvgIpc) is 2.74. The van der Waals surface area contributed by atoms with Crippen molar-refractivity contribution in [2.24, 2.45) is 0 Å². The smallest absolute Gasteiger partial charge is 0.253 e. The first-order valence-corrected chi connectivity index (χ1v) is 11.3. The second-order valence-corrected chi connectivity index (χ2v) is 8.77. The van der Waals surface area contributed by atoms with Crippen LogP contribution in [0.5, 0.6) is 5.75 Å².